The van der Waals surface area contributed by atoms with Crippen LogP contribution >= 0.6 is 0 Å². The molecule has 3 heteroatoms. The molecule has 0 aliphatic carbocycles. The number of fused-ring (bicyclic) bond motifs is 7. The number of rotatable bonds is 4. The van der Waals surface area contributed by atoms with Crippen LogP contribution in [0.4, 0.5) is 0 Å². The number of hydrogen-bond acceptors (Lipinski definition) is 3. The van der Waals surface area contributed by atoms with Gasteiger partial charge in [0.2, 0.25) is 0 Å². The Morgan fingerprint density at radius 3 is 1.50 bits per heavy atom. The Morgan fingerprint density at radius 2 is 0.826 bits per heavy atom. The zero-order valence-electron chi connectivity index (χ0n) is 24.9. The molecule has 0 spiro atoms. The van der Waals surface area contributed by atoms with E-state index in [1.54, 1.807) is 0 Å². The van der Waals surface area contributed by atoms with Crippen molar-refractivity contribution in [1.29, 1.82) is 0 Å². The minimum Gasteiger partial charge on any atom is -0.263 e. The van der Waals surface area contributed by atoms with Gasteiger partial charge in [-0.1, -0.05) is 140 Å². The highest BCUT2D eigenvalue weighted by Gasteiger charge is 2.14. The molecule has 0 radical (unpaired) electrons. The van der Waals surface area contributed by atoms with E-state index in [1.807, 2.05) is 24.5 Å². The summed E-state index contributed by atoms with van der Waals surface area (Å²) in [4.78, 5) is 14.8. The van der Waals surface area contributed by atoms with Crippen LogP contribution in [0.1, 0.15) is 0 Å². The summed E-state index contributed by atoms with van der Waals surface area (Å²) < 4.78 is 0. The fraction of sp³-hybridized carbons (Fsp3) is 0. The highest BCUT2D eigenvalue weighted by Crippen LogP contribution is 2.37. The van der Waals surface area contributed by atoms with Gasteiger partial charge in [-0.3, -0.25) is 4.98 Å². The van der Waals surface area contributed by atoms with Crippen LogP contribution in [-0.4, -0.2) is 15.0 Å². The van der Waals surface area contributed by atoms with Crippen molar-refractivity contribution in [1.82, 2.24) is 15.0 Å². The zero-order valence-corrected chi connectivity index (χ0v) is 24.9. The molecule has 214 valence electrons. The van der Waals surface area contributed by atoms with E-state index in [0.717, 1.165) is 44.6 Å². The van der Waals surface area contributed by atoms with Crippen molar-refractivity contribution in [3.05, 3.63) is 164 Å². The Balaban J connectivity index is 1.21. The molecule has 0 amide bonds. The van der Waals surface area contributed by atoms with Gasteiger partial charge in [0, 0.05) is 40.0 Å². The van der Waals surface area contributed by atoms with E-state index in [4.69, 9.17) is 9.97 Å². The lowest BCUT2D eigenvalue weighted by molar-refractivity contribution is 1.18. The van der Waals surface area contributed by atoms with Crippen molar-refractivity contribution in [2.24, 2.45) is 0 Å². The van der Waals surface area contributed by atoms with Gasteiger partial charge in [-0.15, -0.1) is 0 Å². The van der Waals surface area contributed by atoms with Crippen molar-refractivity contribution in [2.75, 3.05) is 0 Å². The molecule has 2 heterocycles. The molecule has 3 nitrogen and oxygen atoms in total. The van der Waals surface area contributed by atoms with Crippen LogP contribution in [0.3, 0.4) is 0 Å². The Morgan fingerprint density at radius 1 is 0.326 bits per heavy atom. The molecule has 46 heavy (non-hydrogen) atoms. The maximum atomic E-state index is 5.18. The summed E-state index contributed by atoms with van der Waals surface area (Å²) in [5.74, 6) is 0.706. The van der Waals surface area contributed by atoms with Crippen LogP contribution in [0, 0.1) is 0 Å². The van der Waals surface area contributed by atoms with Gasteiger partial charge >= 0.3 is 0 Å². The standard InChI is InChI=1S/C43H27N3/c1-2-10-29(11-3-1)41-25-42(30-20-18-28(19-21-30)40-27-44-26-32-12-4-5-13-33(32)40)46-43(45-41)31-22-23-38-36-16-7-6-14-34(36)35-15-8-9-17-37(35)39(38)24-31/h1-27H. The van der Waals surface area contributed by atoms with Gasteiger partial charge in [0.25, 0.3) is 0 Å². The van der Waals surface area contributed by atoms with Gasteiger partial charge in [0.1, 0.15) is 0 Å². The van der Waals surface area contributed by atoms with E-state index >= 15 is 0 Å². The molecule has 0 aliphatic heterocycles. The number of benzene rings is 7. The molecular formula is C43H27N3. The smallest absolute Gasteiger partial charge is 0.160 e. The second kappa shape index (κ2) is 10.8. The third-order valence-corrected chi connectivity index (χ3v) is 8.96. The van der Waals surface area contributed by atoms with Crippen LogP contribution in [0.15, 0.2) is 164 Å². The van der Waals surface area contributed by atoms with Gasteiger partial charge in [0.05, 0.1) is 11.4 Å². The van der Waals surface area contributed by atoms with Gasteiger partial charge < -0.3 is 0 Å². The van der Waals surface area contributed by atoms with Crippen molar-refractivity contribution >= 4 is 43.1 Å². The monoisotopic (exact) mass is 585 g/mol. The predicted molar refractivity (Wildman–Crippen MR) is 192 cm³/mol. The Hall–Kier alpha value is -6.19. The normalized spacial score (nSPS) is 11.5. The average molecular weight is 586 g/mol. The fourth-order valence-corrected chi connectivity index (χ4v) is 6.69. The third-order valence-electron chi connectivity index (χ3n) is 8.96. The molecule has 9 rings (SSSR count). The van der Waals surface area contributed by atoms with E-state index in [2.05, 4.69) is 145 Å². The number of aromatic nitrogens is 3. The molecule has 0 N–H and O–H groups in total. The average Bonchev–Trinajstić information content (AvgIpc) is 3.15. The number of hydrogen-bond donors (Lipinski definition) is 0. The SMILES string of the molecule is c1ccc(-c2cc(-c3ccc(-c4cncc5ccccc45)cc3)nc(-c3ccc4c5ccccc5c5ccccc5c4c3)n2)cc1. The molecule has 0 atom stereocenters. The minimum absolute atomic E-state index is 0.706. The lowest BCUT2D eigenvalue weighted by atomic mass is 9.93. The number of nitrogens with zero attached hydrogens (tertiary/aromatic N) is 3. The van der Waals surface area contributed by atoms with Gasteiger partial charge in [-0.2, -0.15) is 0 Å². The van der Waals surface area contributed by atoms with Gasteiger partial charge in [0.15, 0.2) is 5.82 Å². The topological polar surface area (TPSA) is 38.7 Å². The maximum absolute atomic E-state index is 5.18. The minimum atomic E-state index is 0.706. The molecular weight excluding hydrogens is 558 g/mol. The molecule has 0 saturated heterocycles. The van der Waals surface area contributed by atoms with E-state index < -0.39 is 0 Å². The van der Waals surface area contributed by atoms with E-state index in [0.29, 0.717) is 5.82 Å². The van der Waals surface area contributed by atoms with Crippen molar-refractivity contribution in [2.45, 2.75) is 0 Å². The molecule has 0 fully saturated rings. The molecule has 9 aromatic rings. The summed E-state index contributed by atoms with van der Waals surface area (Å²) in [6.07, 6.45) is 3.86. The summed E-state index contributed by atoms with van der Waals surface area (Å²) >= 11 is 0. The Labute approximate surface area is 266 Å². The summed E-state index contributed by atoms with van der Waals surface area (Å²) in [5, 5.41) is 9.77. The second-order valence-electron chi connectivity index (χ2n) is 11.7. The van der Waals surface area contributed by atoms with Gasteiger partial charge in [-0.25, -0.2) is 9.97 Å². The Kier molecular flexibility index (Phi) is 6.14. The van der Waals surface area contributed by atoms with Crippen molar-refractivity contribution in [3.8, 4) is 45.0 Å². The van der Waals surface area contributed by atoms with Crippen LogP contribution in [0.25, 0.3) is 88.1 Å². The summed E-state index contributed by atoms with van der Waals surface area (Å²) in [6.45, 7) is 0. The predicted octanol–water partition coefficient (Wildman–Crippen LogP) is 11.2. The first-order valence-corrected chi connectivity index (χ1v) is 15.5. The van der Waals surface area contributed by atoms with E-state index in [-0.39, 0.29) is 0 Å². The van der Waals surface area contributed by atoms with Crippen molar-refractivity contribution in [3.63, 3.8) is 0 Å². The zero-order chi connectivity index (χ0) is 30.5. The van der Waals surface area contributed by atoms with Gasteiger partial charge in [-0.05, 0) is 55.4 Å². The first-order chi connectivity index (χ1) is 22.8. The molecule has 7 aromatic carbocycles. The van der Waals surface area contributed by atoms with Crippen molar-refractivity contribution < 1.29 is 0 Å². The lowest BCUT2D eigenvalue weighted by Gasteiger charge is -2.13. The van der Waals surface area contributed by atoms with E-state index in [1.165, 1.54) is 37.7 Å². The highest BCUT2D eigenvalue weighted by molar-refractivity contribution is 6.25. The molecule has 0 bridgehead atoms. The molecule has 0 saturated carbocycles. The second-order valence-corrected chi connectivity index (χ2v) is 11.7. The summed E-state index contributed by atoms with van der Waals surface area (Å²) in [6, 6.07) is 53.4. The first-order valence-electron chi connectivity index (χ1n) is 15.5. The molecule has 0 aliphatic rings. The van der Waals surface area contributed by atoms with E-state index in [9.17, 15) is 0 Å². The maximum Gasteiger partial charge on any atom is 0.160 e. The lowest BCUT2D eigenvalue weighted by Crippen LogP contribution is -1.96. The largest absolute Gasteiger partial charge is 0.263 e. The molecule has 0 unspecified atom stereocenters. The summed E-state index contributed by atoms with van der Waals surface area (Å²) in [7, 11) is 0. The number of pyridine rings is 1. The Bertz CT molecular complexity index is 2530. The fourth-order valence-electron chi connectivity index (χ4n) is 6.69. The van der Waals surface area contributed by atoms with Crippen LogP contribution in [0.2, 0.25) is 0 Å². The third kappa shape index (κ3) is 4.41. The molecule has 2 aromatic heterocycles. The van der Waals surface area contributed by atoms with Crippen LogP contribution < -0.4 is 0 Å². The van der Waals surface area contributed by atoms with Crippen LogP contribution in [0.5, 0.6) is 0 Å². The highest BCUT2D eigenvalue weighted by atomic mass is 14.9. The van der Waals surface area contributed by atoms with Crippen LogP contribution in [-0.2, 0) is 0 Å². The first kappa shape index (κ1) is 26.2. The summed E-state index contributed by atoms with van der Waals surface area (Å²) in [5.41, 5.74) is 7.11. The quantitative estimate of drug-likeness (QED) is 0.193.